The molecule has 1 aromatic rings. The topological polar surface area (TPSA) is 57.6 Å². The van der Waals surface area contributed by atoms with Gasteiger partial charge in [-0.3, -0.25) is 9.59 Å². The first-order valence-corrected chi connectivity index (χ1v) is 7.06. The Morgan fingerprint density at radius 1 is 1.53 bits per heavy atom. The van der Waals surface area contributed by atoms with Crippen LogP contribution in [0.2, 0.25) is 4.34 Å². The smallest absolute Gasteiger partial charge is 0.311 e. The third kappa shape index (κ3) is 3.16. The molecule has 1 aromatic heterocycles. The Morgan fingerprint density at radius 2 is 2.26 bits per heavy atom. The number of amides is 1. The molecule has 1 fully saturated rings. The van der Waals surface area contributed by atoms with Gasteiger partial charge in [0, 0.05) is 24.0 Å². The van der Waals surface area contributed by atoms with Crippen LogP contribution in [0, 0.1) is 5.41 Å². The van der Waals surface area contributed by atoms with Crippen molar-refractivity contribution in [3.8, 4) is 0 Å². The van der Waals surface area contributed by atoms with E-state index in [1.807, 2.05) is 6.07 Å². The Morgan fingerprint density at radius 3 is 2.79 bits per heavy atom. The highest BCUT2D eigenvalue weighted by Gasteiger charge is 2.41. The highest BCUT2D eigenvalue weighted by atomic mass is 35.5. The van der Waals surface area contributed by atoms with Crippen molar-refractivity contribution in [2.75, 3.05) is 13.1 Å². The number of carboxylic acids is 1. The second kappa shape index (κ2) is 5.35. The number of thiophene rings is 1. The SMILES string of the molecule is CC1(C(=O)O)CCN(C(=O)C=Cc2ccc(Cl)s2)C1. The predicted octanol–water partition coefficient (Wildman–Crippen LogP) is 2.74. The van der Waals surface area contributed by atoms with Gasteiger partial charge in [0.2, 0.25) is 5.91 Å². The molecule has 1 atom stereocenters. The van der Waals surface area contributed by atoms with Crippen molar-refractivity contribution in [1.82, 2.24) is 4.90 Å². The lowest BCUT2D eigenvalue weighted by atomic mass is 9.90. The molecule has 19 heavy (non-hydrogen) atoms. The quantitative estimate of drug-likeness (QED) is 0.873. The van der Waals surface area contributed by atoms with E-state index in [0.717, 1.165) is 4.88 Å². The summed E-state index contributed by atoms with van der Waals surface area (Å²) in [6.07, 6.45) is 3.66. The fourth-order valence-corrected chi connectivity index (χ4v) is 2.96. The zero-order chi connectivity index (χ0) is 14.0. The van der Waals surface area contributed by atoms with Crippen LogP contribution in [0.15, 0.2) is 18.2 Å². The molecule has 0 radical (unpaired) electrons. The van der Waals surface area contributed by atoms with E-state index in [2.05, 4.69) is 0 Å². The van der Waals surface area contributed by atoms with Gasteiger partial charge in [-0.05, 0) is 31.6 Å². The number of carbonyl (C=O) groups excluding carboxylic acids is 1. The molecule has 0 saturated carbocycles. The largest absolute Gasteiger partial charge is 0.481 e. The molecule has 1 aliphatic heterocycles. The number of aliphatic carboxylic acids is 1. The summed E-state index contributed by atoms with van der Waals surface area (Å²) in [5.41, 5.74) is -0.824. The molecule has 1 unspecified atom stereocenters. The maximum absolute atomic E-state index is 12.0. The number of likely N-dealkylation sites (tertiary alicyclic amines) is 1. The first-order chi connectivity index (χ1) is 8.90. The summed E-state index contributed by atoms with van der Waals surface area (Å²) < 4.78 is 0.673. The van der Waals surface area contributed by atoms with Gasteiger partial charge in [-0.25, -0.2) is 0 Å². The van der Waals surface area contributed by atoms with E-state index in [1.165, 1.54) is 17.4 Å². The molecule has 2 heterocycles. The fraction of sp³-hybridized carbons (Fsp3) is 0.385. The van der Waals surface area contributed by atoms with Gasteiger partial charge in [0.15, 0.2) is 0 Å². The summed E-state index contributed by atoms with van der Waals surface area (Å²) in [6, 6.07) is 3.61. The van der Waals surface area contributed by atoms with E-state index in [1.54, 1.807) is 24.0 Å². The summed E-state index contributed by atoms with van der Waals surface area (Å²) in [5, 5.41) is 9.11. The van der Waals surface area contributed by atoms with Crippen LogP contribution >= 0.6 is 22.9 Å². The third-order valence-electron chi connectivity index (χ3n) is 3.29. The lowest BCUT2D eigenvalue weighted by Crippen LogP contribution is -2.34. The number of carboxylic acid groups (broad SMARTS) is 1. The average Bonchev–Trinajstić information content (AvgIpc) is 2.94. The van der Waals surface area contributed by atoms with Crippen LogP contribution in [0.3, 0.4) is 0 Å². The fourth-order valence-electron chi connectivity index (χ4n) is 2.00. The number of nitrogens with zero attached hydrogens (tertiary/aromatic N) is 1. The van der Waals surface area contributed by atoms with Gasteiger partial charge < -0.3 is 10.0 Å². The van der Waals surface area contributed by atoms with Gasteiger partial charge in [-0.1, -0.05) is 11.6 Å². The monoisotopic (exact) mass is 299 g/mol. The summed E-state index contributed by atoms with van der Waals surface area (Å²) in [4.78, 5) is 25.5. The van der Waals surface area contributed by atoms with Crippen molar-refractivity contribution in [3.05, 3.63) is 27.4 Å². The minimum Gasteiger partial charge on any atom is -0.481 e. The van der Waals surface area contributed by atoms with Gasteiger partial charge in [0.05, 0.1) is 9.75 Å². The predicted molar refractivity (Wildman–Crippen MR) is 75.3 cm³/mol. The maximum Gasteiger partial charge on any atom is 0.311 e. The molecular formula is C13H14ClNO3S. The lowest BCUT2D eigenvalue weighted by Gasteiger charge is -2.18. The number of hydrogen-bond donors (Lipinski definition) is 1. The minimum absolute atomic E-state index is 0.158. The molecule has 1 N–H and O–H groups in total. The minimum atomic E-state index is -0.850. The molecule has 0 aromatic carbocycles. The van der Waals surface area contributed by atoms with Crippen LogP contribution in [-0.2, 0) is 9.59 Å². The lowest BCUT2D eigenvalue weighted by molar-refractivity contribution is -0.147. The van der Waals surface area contributed by atoms with Gasteiger partial charge in [0.1, 0.15) is 0 Å². The highest BCUT2D eigenvalue weighted by molar-refractivity contribution is 7.17. The van der Waals surface area contributed by atoms with E-state index >= 15 is 0 Å². The van der Waals surface area contributed by atoms with Crippen molar-refractivity contribution < 1.29 is 14.7 Å². The first kappa shape index (κ1) is 14.1. The van der Waals surface area contributed by atoms with Crippen molar-refractivity contribution in [1.29, 1.82) is 0 Å². The van der Waals surface area contributed by atoms with Crippen molar-refractivity contribution >= 4 is 40.9 Å². The van der Waals surface area contributed by atoms with Crippen LogP contribution in [-0.4, -0.2) is 35.0 Å². The highest BCUT2D eigenvalue weighted by Crippen LogP contribution is 2.30. The standard InChI is InChI=1S/C13H14ClNO3S/c1-13(12(17)18)6-7-15(8-13)11(16)5-3-9-2-4-10(14)19-9/h2-5H,6-8H2,1H3,(H,17,18). The normalized spacial score (nSPS) is 23.2. The third-order valence-corrected chi connectivity index (χ3v) is 4.48. The summed E-state index contributed by atoms with van der Waals surface area (Å²) in [5.74, 6) is -1.01. The summed E-state index contributed by atoms with van der Waals surface area (Å²) in [7, 11) is 0. The average molecular weight is 300 g/mol. The van der Waals surface area contributed by atoms with Gasteiger partial charge in [-0.2, -0.15) is 0 Å². The first-order valence-electron chi connectivity index (χ1n) is 5.86. The second-order valence-electron chi connectivity index (χ2n) is 4.85. The van der Waals surface area contributed by atoms with Crippen LogP contribution in [0.4, 0.5) is 0 Å². The molecule has 4 nitrogen and oxygen atoms in total. The zero-order valence-electron chi connectivity index (χ0n) is 10.4. The number of rotatable bonds is 3. The number of carbonyl (C=O) groups is 2. The Labute approximate surface area is 120 Å². The Balaban J connectivity index is 1.99. The molecule has 1 saturated heterocycles. The van der Waals surface area contributed by atoms with Crippen LogP contribution in [0.5, 0.6) is 0 Å². The van der Waals surface area contributed by atoms with E-state index in [-0.39, 0.29) is 12.5 Å². The molecule has 0 bridgehead atoms. The van der Waals surface area contributed by atoms with E-state index in [0.29, 0.717) is 17.3 Å². The molecule has 2 rings (SSSR count). The Bertz CT molecular complexity index is 540. The van der Waals surface area contributed by atoms with Gasteiger partial charge >= 0.3 is 5.97 Å². The Hall–Kier alpha value is -1.33. The molecule has 1 amide bonds. The Kier molecular flexibility index (Phi) is 3.96. The van der Waals surface area contributed by atoms with Crippen LogP contribution in [0.25, 0.3) is 6.08 Å². The molecule has 1 aliphatic rings. The number of hydrogen-bond acceptors (Lipinski definition) is 3. The summed E-state index contributed by atoms with van der Waals surface area (Å²) in [6.45, 7) is 2.42. The molecule has 6 heteroatoms. The van der Waals surface area contributed by atoms with Crippen molar-refractivity contribution in [3.63, 3.8) is 0 Å². The molecule has 0 spiro atoms. The van der Waals surface area contributed by atoms with Gasteiger partial charge in [0.25, 0.3) is 0 Å². The van der Waals surface area contributed by atoms with E-state index in [9.17, 15) is 9.59 Å². The molecule has 0 aliphatic carbocycles. The number of halogens is 1. The zero-order valence-corrected chi connectivity index (χ0v) is 12.0. The van der Waals surface area contributed by atoms with E-state index in [4.69, 9.17) is 16.7 Å². The second-order valence-corrected chi connectivity index (χ2v) is 6.60. The molecular weight excluding hydrogens is 286 g/mol. The van der Waals surface area contributed by atoms with Crippen LogP contribution < -0.4 is 0 Å². The summed E-state index contributed by atoms with van der Waals surface area (Å²) >= 11 is 7.19. The van der Waals surface area contributed by atoms with Gasteiger partial charge in [-0.15, -0.1) is 11.3 Å². The van der Waals surface area contributed by atoms with E-state index < -0.39 is 11.4 Å². The molecule has 102 valence electrons. The van der Waals surface area contributed by atoms with Crippen LogP contribution in [0.1, 0.15) is 18.2 Å². The maximum atomic E-state index is 12.0. The van der Waals surface area contributed by atoms with Crippen molar-refractivity contribution in [2.24, 2.45) is 5.41 Å². The van der Waals surface area contributed by atoms with Crippen molar-refractivity contribution in [2.45, 2.75) is 13.3 Å².